The third-order valence-corrected chi connectivity index (χ3v) is 7.42. The Hall–Kier alpha value is -4.26. The molecule has 0 aliphatic heterocycles. The lowest BCUT2D eigenvalue weighted by atomic mass is 9.97. The summed E-state index contributed by atoms with van der Waals surface area (Å²) in [5.41, 5.74) is 7.16. The summed E-state index contributed by atoms with van der Waals surface area (Å²) in [6, 6.07) is 22.5. The van der Waals surface area contributed by atoms with Crippen molar-refractivity contribution in [2.24, 2.45) is 0 Å². The molecule has 7 rings (SSSR count). The van der Waals surface area contributed by atoms with E-state index in [1.54, 1.807) is 0 Å². The van der Waals surface area contributed by atoms with Gasteiger partial charge < -0.3 is 5.32 Å². The van der Waals surface area contributed by atoms with Crippen LogP contribution in [0.25, 0.3) is 33.5 Å². The number of carbonyl (C=O) groups excluding carboxylic acids is 1. The van der Waals surface area contributed by atoms with Gasteiger partial charge in [0.25, 0.3) is 5.91 Å². The monoisotopic (exact) mass is 446 g/mol. The quantitative estimate of drug-likeness (QED) is 0.381. The van der Waals surface area contributed by atoms with Crippen molar-refractivity contribution >= 4 is 16.8 Å². The van der Waals surface area contributed by atoms with Crippen molar-refractivity contribution in [1.29, 1.82) is 0 Å². The van der Waals surface area contributed by atoms with E-state index in [0.29, 0.717) is 11.4 Å². The molecular formula is C27H22N6O. The molecule has 2 atom stereocenters. The molecule has 2 heterocycles. The Morgan fingerprint density at radius 2 is 1.94 bits per heavy atom. The Morgan fingerprint density at radius 3 is 2.85 bits per heavy atom. The van der Waals surface area contributed by atoms with Gasteiger partial charge in [0, 0.05) is 33.5 Å². The lowest BCUT2D eigenvalue weighted by Gasteiger charge is -2.13. The van der Waals surface area contributed by atoms with Crippen LogP contribution < -0.4 is 5.32 Å². The molecule has 7 heteroatoms. The van der Waals surface area contributed by atoms with Gasteiger partial charge in [-0.3, -0.25) is 15.0 Å². The van der Waals surface area contributed by atoms with E-state index in [1.807, 2.05) is 42.5 Å². The zero-order valence-electron chi connectivity index (χ0n) is 18.4. The number of aryl methyl sites for hydroxylation is 1. The van der Waals surface area contributed by atoms with Gasteiger partial charge >= 0.3 is 0 Å². The molecule has 1 fully saturated rings. The van der Waals surface area contributed by atoms with E-state index >= 15 is 0 Å². The zero-order valence-corrected chi connectivity index (χ0v) is 18.4. The summed E-state index contributed by atoms with van der Waals surface area (Å²) in [6.07, 6.45) is 4.72. The summed E-state index contributed by atoms with van der Waals surface area (Å²) in [4.78, 5) is 17.4. The number of benzene rings is 3. The van der Waals surface area contributed by atoms with Crippen molar-refractivity contribution in [3.05, 3.63) is 89.7 Å². The molecule has 1 spiro atoms. The van der Waals surface area contributed by atoms with Crippen molar-refractivity contribution < 1.29 is 4.79 Å². The van der Waals surface area contributed by atoms with Crippen molar-refractivity contribution in [2.75, 3.05) is 0 Å². The third-order valence-electron chi connectivity index (χ3n) is 7.42. The molecule has 0 saturated heterocycles. The number of aromatic amines is 2. The first kappa shape index (κ1) is 19.2. The molecule has 2 aliphatic carbocycles. The fraction of sp³-hybridized carbons (Fsp3) is 0.185. The number of fused-ring (bicyclic) bond motifs is 3. The number of nitrogens with one attached hydrogen (secondary N) is 3. The topological polar surface area (TPSA) is 99.3 Å². The summed E-state index contributed by atoms with van der Waals surface area (Å²) >= 11 is 0. The lowest BCUT2D eigenvalue weighted by Crippen LogP contribution is -2.30. The van der Waals surface area contributed by atoms with Gasteiger partial charge in [0.15, 0.2) is 5.82 Å². The van der Waals surface area contributed by atoms with Crippen LogP contribution in [0.3, 0.4) is 0 Å². The highest BCUT2D eigenvalue weighted by Crippen LogP contribution is 2.56. The van der Waals surface area contributed by atoms with Gasteiger partial charge in [0.2, 0.25) is 0 Å². The zero-order chi connectivity index (χ0) is 22.7. The highest BCUT2D eigenvalue weighted by molar-refractivity contribution is 5.99. The summed E-state index contributed by atoms with van der Waals surface area (Å²) < 4.78 is 0. The van der Waals surface area contributed by atoms with Gasteiger partial charge in [-0.1, -0.05) is 36.4 Å². The average molecular weight is 447 g/mol. The molecule has 0 radical (unpaired) electrons. The molecule has 3 aromatic carbocycles. The first-order valence-electron chi connectivity index (χ1n) is 11.5. The van der Waals surface area contributed by atoms with Crippen LogP contribution in [0.1, 0.15) is 34.3 Å². The number of carbonyl (C=O) groups is 1. The summed E-state index contributed by atoms with van der Waals surface area (Å²) in [6.45, 7) is 0. The maximum absolute atomic E-state index is 13.2. The number of aromatic nitrogens is 5. The molecule has 3 N–H and O–H groups in total. The molecule has 0 bridgehead atoms. The number of hydrogen-bond donors (Lipinski definition) is 3. The van der Waals surface area contributed by atoms with Crippen LogP contribution >= 0.6 is 0 Å². The first-order valence-corrected chi connectivity index (χ1v) is 11.5. The second-order valence-electron chi connectivity index (χ2n) is 9.29. The maximum Gasteiger partial charge on any atom is 0.251 e. The van der Waals surface area contributed by atoms with Crippen LogP contribution in [-0.2, 0) is 11.8 Å². The van der Waals surface area contributed by atoms with Crippen LogP contribution in [0.2, 0.25) is 0 Å². The van der Waals surface area contributed by atoms with Gasteiger partial charge in [-0.25, -0.2) is 4.98 Å². The second kappa shape index (κ2) is 7.12. The van der Waals surface area contributed by atoms with Crippen LogP contribution in [-0.4, -0.2) is 37.3 Å². The molecule has 5 aromatic rings. The fourth-order valence-corrected chi connectivity index (χ4v) is 5.56. The van der Waals surface area contributed by atoms with Gasteiger partial charge in [0.05, 0.1) is 11.2 Å². The minimum Gasteiger partial charge on any atom is -0.348 e. The van der Waals surface area contributed by atoms with E-state index in [4.69, 9.17) is 0 Å². The van der Waals surface area contributed by atoms with Gasteiger partial charge in [0.1, 0.15) is 6.33 Å². The normalized spacial score (nSPS) is 20.5. The van der Waals surface area contributed by atoms with Crippen molar-refractivity contribution in [1.82, 2.24) is 30.7 Å². The van der Waals surface area contributed by atoms with E-state index in [2.05, 4.69) is 55.0 Å². The highest BCUT2D eigenvalue weighted by atomic mass is 16.1. The van der Waals surface area contributed by atoms with Crippen LogP contribution in [0.4, 0.5) is 0 Å². The molecule has 1 saturated carbocycles. The molecule has 1 amide bonds. The smallest absolute Gasteiger partial charge is 0.251 e. The van der Waals surface area contributed by atoms with Crippen LogP contribution in [0, 0.1) is 0 Å². The Labute approximate surface area is 195 Å². The Bertz CT molecular complexity index is 1550. The summed E-state index contributed by atoms with van der Waals surface area (Å²) in [5, 5.41) is 18.7. The van der Waals surface area contributed by atoms with E-state index in [0.717, 1.165) is 47.0 Å². The van der Waals surface area contributed by atoms with E-state index in [9.17, 15) is 4.79 Å². The minimum absolute atomic E-state index is 0.0321. The van der Waals surface area contributed by atoms with Crippen LogP contribution in [0.5, 0.6) is 0 Å². The number of rotatable bonds is 4. The van der Waals surface area contributed by atoms with E-state index in [-0.39, 0.29) is 17.4 Å². The van der Waals surface area contributed by atoms with E-state index in [1.165, 1.54) is 17.5 Å². The molecule has 34 heavy (non-hydrogen) atoms. The number of amides is 1. The standard InChI is InChI=1S/C27H22N6O/c34-26(30-23-14-27(23)11-10-16-4-1-2-7-21(16)27)19-6-3-5-17(12-19)24-20-13-18(25-28-15-29-33-25)8-9-22(20)31-32-24/h1-9,12-13,15,23H,10-11,14H2,(H,30,34)(H,31,32)(H,28,29,33). The van der Waals surface area contributed by atoms with Crippen molar-refractivity contribution in [3.8, 4) is 22.6 Å². The number of hydrogen-bond acceptors (Lipinski definition) is 4. The highest BCUT2D eigenvalue weighted by Gasteiger charge is 2.58. The Balaban J connectivity index is 1.17. The molecule has 2 aromatic heterocycles. The third kappa shape index (κ3) is 2.90. The van der Waals surface area contributed by atoms with Crippen molar-refractivity contribution in [3.63, 3.8) is 0 Å². The van der Waals surface area contributed by atoms with E-state index < -0.39 is 0 Å². The second-order valence-corrected chi connectivity index (χ2v) is 9.29. The maximum atomic E-state index is 13.2. The molecule has 2 aliphatic rings. The molecule has 7 nitrogen and oxygen atoms in total. The average Bonchev–Trinajstić information content (AvgIpc) is 3.30. The largest absolute Gasteiger partial charge is 0.348 e. The Kier molecular flexibility index (Phi) is 4.03. The summed E-state index contributed by atoms with van der Waals surface area (Å²) in [5.74, 6) is 0.671. The minimum atomic E-state index is -0.0321. The van der Waals surface area contributed by atoms with Gasteiger partial charge in [-0.15, -0.1) is 0 Å². The predicted molar refractivity (Wildman–Crippen MR) is 129 cm³/mol. The number of H-pyrrole nitrogens is 2. The fourth-order valence-electron chi connectivity index (χ4n) is 5.56. The van der Waals surface area contributed by atoms with Crippen molar-refractivity contribution in [2.45, 2.75) is 30.7 Å². The molecule has 2 unspecified atom stereocenters. The number of nitrogens with zero attached hydrogens (tertiary/aromatic N) is 3. The SMILES string of the molecule is O=C(NC1CC12CCc1ccccc12)c1cccc(-c2n[nH]c3ccc(-c4ncn[nH]4)cc23)c1. The predicted octanol–water partition coefficient (Wildman–Crippen LogP) is 4.40. The van der Waals surface area contributed by atoms with Gasteiger partial charge in [-0.05, 0) is 60.7 Å². The molecule has 166 valence electrons. The van der Waals surface area contributed by atoms with Gasteiger partial charge in [-0.2, -0.15) is 10.2 Å². The molecular weight excluding hydrogens is 424 g/mol. The summed E-state index contributed by atoms with van der Waals surface area (Å²) in [7, 11) is 0. The lowest BCUT2D eigenvalue weighted by molar-refractivity contribution is 0.0948. The Morgan fingerprint density at radius 1 is 1.00 bits per heavy atom. The van der Waals surface area contributed by atoms with Crippen LogP contribution in [0.15, 0.2) is 73.1 Å². The first-order chi connectivity index (χ1) is 16.7.